The minimum absolute atomic E-state index is 0.121. The molecular formula is C15H23NO3. The van der Waals surface area contributed by atoms with E-state index in [1.807, 2.05) is 26.8 Å². The van der Waals surface area contributed by atoms with Crippen molar-refractivity contribution in [2.75, 3.05) is 7.11 Å². The quantitative estimate of drug-likeness (QED) is 0.829. The molecule has 0 saturated carbocycles. The molecule has 0 heterocycles. The van der Waals surface area contributed by atoms with Crippen molar-refractivity contribution in [3.8, 4) is 5.75 Å². The Labute approximate surface area is 114 Å². The third kappa shape index (κ3) is 3.70. The Morgan fingerprint density at radius 2 is 2.00 bits per heavy atom. The summed E-state index contributed by atoms with van der Waals surface area (Å²) in [5.41, 5.74) is 10.7. The monoisotopic (exact) mass is 265 g/mol. The van der Waals surface area contributed by atoms with Gasteiger partial charge in [0.1, 0.15) is 5.75 Å². The van der Waals surface area contributed by atoms with Gasteiger partial charge < -0.3 is 15.6 Å². The molecule has 0 bridgehead atoms. The van der Waals surface area contributed by atoms with Gasteiger partial charge in [-0.15, -0.1) is 0 Å². The van der Waals surface area contributed by atoms with Crippen molar-refractivity contribution in [3.05, 3.63) is 28.3 Å². The second-order valence-corrected chi connectivity index (χ2v) is 4.95. The number of hydrogen-bond acceptors (Lipinski definition) is 3. The van der Waals surface area contributed by atoms with E-state index in [2.05, 4.69) is 0 Å². The lowest BCUT2D eigenvalue weighted by atomic mass is 9.90. The fourth-order valence-corrected chi connectivity index (χ4v) is 2.47. The fraction of sp³-hybridized carbons (Fsp3) is 0.533. The maximum atomic E-state index is 10.5. The molecular weight excluding hydrogens is 242 g/mol. The number of carbonyl (C=O) groups is 1. The highest BCUT2D eigenvalue weighted by atomic mass is 16.5. The van der Waals surface area contributed by atoms with E-state index in [4.69, 9.17) is 15.6 Å². The van der Waals surface area contributed by atoms with Crippen LogP contribution in [0.2, 0.25) is 0 Å². The molecule has 0 aliphatic carbocycles. The van der Waals surface area contributed by atoms with Crippen molar-refractivity contribution in [2.45, 2.75) is 46.1 Å². The number of aryl methyl sites for hydroxylation is 1. The molecule has 0 aliphatic rings. The van der Waals surface area contributed by atoms with E-state index in [1.54, 1.807) is 7.11 Å². The summed E-state index contributed by atoms with van der Waals surface area (Å²) in [5, 5.41) is 8.66. The predicted molar refractivity (Wildman–Crippen MR) is 75.6 cm³/mol. The van der Waals surface area contributed by atoms with Gasteiger partial charge >= 0.3 is 5.97 Å². The first-order valence-electron chi connectivity index (χ1n) is 6.50. The van der Waals surface area contributed by atoms with Crippen molar-refractivity contribution in [1.82, 2.24) is 0 Å². The molecule has 0 radical (unpaired) electrons. The Balaban J connectivity index is 2.93. The van der Waals surface area contributed by atoms with Gasteiger partial charge in [-0.05, 0) is 61.9 Å². The number of hydrogen-bond donors (Lipinski definition) is 2. The Morgan fingerprint density at radius 1 is 1.37 bits per heavy atom. The number of carboxylic acids is 1. The molecule has 1 aromatic carbocycles. The average Bonchev–Trinajstić information content (AvgIpc) is 2.33. The van der Waals surface area contributed by atoms with Crippen LogP contribution in [-0.2, 0) is 4.79 Å². The predicted octanol–water partition coefficient (Wildman–Crippen LogP) is 2.88. The molecule has 0 aliphatic heterocycles. The molecule has 0 fully saturated rings. The number of ether oxygens (including phenoxy) is 1. The number of benzene rings is 1. The summed E-state index contributed by atoms with van der Waals surface area (Å²) in [6.07, 6.45) is 1.45. The SMILES string of the molecule is COc1cc(C)c(C(N)CCCC(=O)O)c(C)c1C. The fourth-order valence-electron chi connectivity index (χ4n) is 2.47. The van der Waals surface area contributed by atoms with Crippen LogP contribution in [0.5, 0.6) is 5.75 Å². The van der Waals surface area contributed by atoms with Gasteiger partial charge in [0, 0.05) is 12.5 Å². The van der Waals surface area contributed by atoms with E-state index in [0.29, 0.717) is 12.8 Å². The average molecular weight is 265 g/mol. The molecule has 1 unspecified atom stereocenters. The van der Waals surface area contributed by atoms with Gasteiger partial charge in [-0.25, -0.2) is 0 Å². The molecule has 1 atom stereocenters. The van der Waals surface area contributed by atoms with Crippen LogP contribution in [0.25, 0.3) is 0 Å². The summed E-state index contributed by atoms with van der Waals surface area (Å²) in [5.74, 6) is 0.100. The minimum Gasteiger partial charge on any atom is -0.496 e. The lowest BCUT2D eigenvalue weighted by Crippen LogP contribution is -2.15. The number of carboxylic acid groups (broad SMARTS) is 1. The van der Waals surface area contributed by atoms with Crippen LogP contribution < -0.4 is 10.5 Å². The summed E-state index contributed by atoms with van der Waals surface area (Å²) in [7, 11) is 1.66. The van der Waals surface area contributed by atoms with Crippen LogP contribution in [0.4, 0.5) is 0 Å². The summed E-state index contributed by atoms with van der Waals surface area (Å²) in [6, 6.07) is 1.87. The van der Waals surface area contributed by atoms with Crippen molar-refractivity contribution < 1.29 is 14.6 Å². The largest absolute Gasteiger partial charge is 0.496 e. The van der Waals surface area contributed by atoms with Crippen LogP contribution in [0.1, 0.15) is 47.6 Å². The van der Waals surface area contributed by atoms with Gasteiger partial charge in [-0.3, -0.25) is 4.79 Å². The van der Waals surface area contributed by atoms with E-state index >= 15 is 0 Å². The molecule has 4 nitrogen and oxygen atoms in total. The van der Waals surface area contributed by atoms with Crippen LogP contribution in [0.3, 0.4) is 0 Å². The molecule has 1 aromatic rings. The second kappa shape index (κ2) is 6.57. The highest BCUT2D eigenvalue weighted by molar-refractivity contribution is 5.66. The van der Waals surface area contributed by atoms with Crippen LogP contribution >= 0.6 is 0 Å². The number of rotatable bonds is 6. The van der Waals surface area contributed by atoms with Crippen molar-refractivity contribution in [3.63, 3.8) is 0 Å². The summed E-state index contributed by atoms with van der Waals surface area (Å²) in [4.78, 5) is 10.5. The summed E-state index contributed by atoms with van der Waals surface area (Å²) in [6.45, 7) is 6.07. The van der Waals surface area contributed by atoms with Gasteiger partial charge in [-0.2, -0.15) is 0 Å². The molecule has 0 saturated heterocycles. The topological polar surface area (TPSA) is 72.5 Å². The van der Waals surface area contributed by atoms with Gasteiger partial charge in [0.05, 0.1) is 7.11 Å². The molecule has 0 aromatic heterocycles. The van der Waals surface area contributed by atoms with Gasteiger partial charge in [-0.1, -0.05) is 0 Å². The first-order valence-corrected chi connectivity index (χ1v) is 6.50. The molecule has 0 amide bonds. The highest BCUT2D eigenvalue weighted by Gasteiger charge is 2.16. The normalized spacial score (nSPS) is 12.3. The van der Waals surface area contributed by atoms with E-state index in [1.165, 1.54) is 0 Å². The lowest BCUT2D eigenvalue weighted by Gasteiger charge is -2.21. The molecule has 1 rings (SSSR count). The minimum atomic E-state index is -0.772. The molecule has 3 N–H and O–H groups in total. The van der Waals surface area contributed by atoms with Gasteiger partial charge in [0.25, 0.3) is 0 Å². The van der Waals surface area contributed by atoms with Crippen molar-refractivity contribution in [2.24, 2.45) is 5.73 Å². The third-order valence-electron chi connectivity index (χ3n) is 3.61. The van der Waals surface area contributed by atoms with Gasteiger partial charge in [0.2, 0.25) is 0 Å². The second-order valence-electron chi connectivity index (χ2n) is 4.95. The van der Waals surface area contributed by atoms with Crippen molar-refractivity contribution >= 4 is 5.97 Å². The first kappa shape index (κ1) is 15.5. The zero-order chi connectivity index (χ0) is 14.6. The standard InChI is InChI=1S/C15H23NO3/c1-9-8-13(19-4)10(2)11(3)15(9)12(16)6-5-7-14(17)18/h8,12H,5-7,16H2,1-4H3,(H,17,18). The molecule has 19 heavy (non-hydrogen) atoms. The Kier molecular flexibility index (Phi) is 5.36. The smallest absolute Gasteiger partial charge is 0.303 e. The number of aliphatic carboxylic acids is 1. The summed E-state index contributed by atoms with van der Waals surface area (Å²) < 4.78 is 5.34. The Hall–Kier alpha value is -1.55. The van der Waals surface area contributed by atoms with Crippen LogP contribution in [-0.4, -0.2) is 18.2 Å². The molecule has 0 spiro atoms. The molecule has 4 heteroatoms. The third-order valence-corrected chi connectivity index (χ3v) is 3.61. The Morgan fingerprint density at radius 3 is 2.53 bits per heavy atom. The maximum absolute atomic E-state index is 10.5. The number of nitrogens with two attached hydrogens (primary N) is 1. The Bertz CT molecular complexity index is 469. The van der Waals surface area contributed by atoms with Crippen molar-refractivity contribution in [1.29, 1.82) is 0 Å². The summed E-state index contributed by atoms with van der Waals surface area (Å²) >= 11 is 0. The highest BCUT2D eigenvalue weighted by Crippen LogP contribution is 2.32. The maximum Gasteiger partial charge on any atom is 0.303 e. The van der Waals surface area contributed by atoms with Crippen LogP contribution in [0.15, 0.2) is 6.07 Å². The van der Waals surface area contributed by atoms with E-state index < -0.39 is 5.97 Å². The zero-order valence-electron chi connectivity index (χ0n) is 12.1. The lowest BCUT2D eigenvalue weighted by molar-refractivity contribution is -0.137. The van der Waals surface area contributed by atoms with E-state index in [-0.39, 0.29) is 12.5 Å². The van der Waals surface area contributed by atoms with Crippen LogP contribution in [0, 0.1) is 20.8 Å². The first-order chi connectivity index (χ1) is 8.88. The zero-order valence-corrected chi connectivity index (χ0v) is 12.1. The van der Waals surface area contributed by atoms with E-state index in [0.717, 1.165) is 28.0 Å². The van der Waals surface area contributed by atoms with E-state index in [9.17, 15) is 4.79 Å². The number of methoxy groups -OCH3 is 1. The van der Waals surface area contributed by atoms with Gasteiger partial charge in [0.15, 0.2) is 0 Å². The molecule has 106 valence electrons.